The molecule has 2 atom stereocenters. The van der Waals surface area contributed by atoms with E-state index in [1.54, 1.807) is 46.1 Å². The van der Waals surface area contributed by atoms with Crippen LogP contribution in [0.3, 0.4) is 0 Å². The Hall–Kier alpha value is -2.48. The van der Waals surface area contributed by atoms with Gasteiger partial charge in [0, 0.05) is 18.2 Å². The van der Waals surface area contributed by atoms with Gasteiger partial charge in [-0.25, -0.2) is 4.79 Å². The highest BCUT2D eigenvalue weighted by atomic mass is 16.6. The summed E-state index contributed by atoms with van der Waals surface area (Å²) in [6, 6.07) is 3.96. The second kappa shape index (κ2) is 7.82. The largest absolute Gasteiger partial charge is 0.497 e. The maximum absolute atomic E-state index is 12.4. The molecule has 0 bridgehead atoms. The molecule has 0 saturated carbocycles. The molecule has 8 heteroatoms. The number of ether oxygens (including phenoxy) is 3. The number of nitrogens with zero attached hydrogens (tertiary/aromatic N) is 1. The lowest BCUT2D eigenvalue weighted by Gasteiger charge is -2.46. The van der Waals surface area contributed by atoms with Crippen molar-refractivity contribution in [1.29, 1.82) is 0 Å². The zero-order valence-electron chi connectivity index (χ0n) is 15.7. The molecule has 1 aliphatic rings. The smallest absolute Gasteiger partial charge is 0.408 e. The van der Waals surface area contributed by atoms with Crippen LogP contribution in [0.5, 0.6) is 11.5 Å². The van der Waals surface area contributed by atoms with Crippen molar-refractivity contribution in [3.63, 3.8) is 0 Å². The summed E-state index contributed by atoms with van der Waals surface area (Å²) in [5.41, 5.74) is 0.109. The van der Waals surface area contributed by atoms with Crippen LogP contribution in [0.1, 0.15) is 26.3 Å². The summed E-state index contributed by atoms with van der Waals surface area (Å²) in [6.07, 6.45) is -0.684. The van der Waals surface area contributed by atoms with Crippen LogP contribution in [0, 0.1) is 0 Å². The van der Waals surface area contributed by atoms with Gasteiger partial charge in [-0.15, -0.1) is 0 Å². The molecular weight excluding hydrogens is 340 g/mol. The van der Waals surface area contributed by atoms with Gasteiger partial charge in [-0.05, 0) is 32.9 Å². The fraction of sp³-hybridized carbons (Fsp3) is 0.556. The van der Waals surface area contributed by atoms with E-state index in [1.165, 1.54) is 12.0 Å². The molecule has 1 aromatic carbocycles. The third kappa shape index (κ3) is 4.37. The molecule has 0 aliphatic carbocycles. The number of benzene rings is 1. The first kappa shape index (κ1) is 19.8. The third-order valence-corrected chi connectivity index (χ3v) is 4.03. The summed E-state index contributed by atoms with van der Waals surface area (Å²) in [5, 5.41) is 12.2. The number of hydrogen-bond donors (Lipinski definition) is 2. The number of carbonyl (C=O) groups is 2. The van der Waals surface area contributed by atoms with E-state index in [-0.39, 0.29) is 19.1 Å². The molecule has 2 amide bonds. The molecule has 26 heavy (non-hydrogen) atoms. The molecule has 144 valence electrons. The average Bonchev–Trinajstić information content (AvgIpc) is 2.58. The quantitative estimate of drug-likeness (QED) is 0.737. The van der Waals surface area contributed by atoms with E-state index in [0.29, 0.717) is 11.5 Å². The van der Waals surface area contributed by atoms with Crippen molar-refractivity contribution in [2.75, 3.05) is 20.8 Å². The minimum absolute atomic E-state index is 0.254. The van der Waals surface area contributed by atoms with Crippen LogP contribution >= 0.6 is 0 Å². The Bertz CT molecular complexity index is 670. The lowest BCUT2D eigenvalue weighted by atomic mass is 9.94. The molecule has 0 spiro atoms. The number of alkyl carbamates (subject to hydrolysis) is 1. The molecule has 1 heterocycles. The van der Waals surface area contributed by atoms with Crippen molar-refractivity contribution >= 4 is 12.0 Å². The van der Waals surface area contributed by atoms with Crippen LogP contribution in [0.2, 0.25) is 0 Å². The number of nitrogens with one attached hydrogen (secondary N) is 1. The standard InChI is InChI=1S/C18H26N2O6/c1-18(2,3)26-17(23)19-15-13(10-21)20(16(15)22)9-11-6-7-12(24-4)8-14(11)25-5/h6-8,13,15,21H,9-10H2,1-5H3,(H,19,23). The molecule has 2 N–H and O–H groups in total. The van der Waals surface area contributed by atoms with E-state index in [2.05, 4.69) is 5.32 Å². The predicted molar refractivity (Wildman–Crippen MR) is 94.1 cm³/mol. The van der Waals surface area contributed by atoms with Gasteiger partial charge in [0.25, 0.3) is 0 Å². The van der Waals surface area contributed by atoms with Crippen molar-refractivity contribution in [3.8, 4) is 11.5 Å². The number of rotatable bonds is 6. The summed E-state index contributed by atoms with van der Waals surface area (Å²) in [6.45, 7) is 5.19. The predicted octanol–water partition coefficient (Wildman–Crippen LogP) is 1.30. The number of methoxy groups -OCH3 is 2. The van der Waals surface area contributed by atoms with E-state index in [1.807, 2.05) is 0 Å². The summed E-state index contributed by atoms with van der Waals surface area (Å²) in [5.74, 6) is 0.939. The van der Waals surface area contributed by atoms with Crippen molar-refractivity contribution in [1.82, 2.24) is 10.2 Å². The first-order valence-corrected chi connectivity index (χ1v) is 8.32. The molecule has 1 fully saturated rings. The van der Waals surface area contributed by atoms with Crippen LogP contribution in [-0.2, 0) is 16.1 Å². The van der Waals surface area contributed by atoms with Crippen LogP contribution in [0.15, 0.2) is 18.2 Å². The second-order valence-electron chi connectivity index (χ2n) is 7.02. The fourth-order valence-corrected chi connectivity index (χ4v) is 2.76. The minimum atomic E-state index is -0.806. The monoisotopic (exact) mass is 366 g/mol. The Morgan fingerprint density at radius 1 is 1.27 bits per heavy atom. The molecule has 1 aliphatic heterocycles. The normalized spacial score (nSPS) is 19.6. The lowest BCUT2D eigenvalue weighted by molar-refractivity contribution is -0.154. The number of carbonyl (C=O) groups excluding carboxylic acids is 2. The summed E-state index contributed by atoms with van der Waals surface area (Å²) < 4.78 is 15.7. The van der Waals surface area contributed by atoms with Gasteiger partial charge in [-0.3, -0.25) is 4.79 Å². The summed E-state index contributed by atoms with van der Waals surface area (Å²) >= 11 is 0. The number of β-lactam (4-membered cyclic amide) rings is 1. The molecule has 1 saturated heterocycles. The molecule has 8 nitrogen and oxygen atoms in total. The van der Waals surface area contributed by atoms with E-state index in [4.69, 9.17) is 14.2 Å². The van der Waals surface area contributed by atoms with E-state index < -0.39 is 23.8 Å². The highest BCUT2D eigenvalue weighted by molar-refractivity contribution is 5.92. The number of hydrogen-bond acceptors (Lipinski definition) is 6. The SMILES string of the molecule is COc1ccc(CN2C(=O)C(NC(=O)OC(C)(C)C)C2CO)c(OC)c1. The highest BCUT2D eigenvalue weighted by Gasteiger charge is 2.48. The van der Waals surface area contributed by atoms with Gasteiger partial charge in [0.05, 0.1) is 26.9 Å². The molecule has 0 aromatic heterocycles. The second-order valence-corrected chi connectivity index (χ2v) is 7.02. The van der Waals surface area contributed by atoms with Gasteiger partial charge in [0.15, 0.2) is 0 Å². The minimum Gasteiger partial charge on any atom is -0.497 e. The van der Waals surface area contributed by atoms with Crippen molar-refractivity contribution in [3.05, 3.63) is 23.8 Å². The highest BCUT2D eigenvalue weighted by Crippen LogP contribution is 2.30. The maximum atomic E-state index is 12.4. The number of likely N-dealkylation sites (tertiary alicyclic amines) is 1. The molecule has 1 aromatic rings. The van der Waals surface area contributed by atoms with Gasteiger partial charge in [0.1, 0.15) is 23.1 Å². The molecule has 0 radical (unpaired) electrons. The lowest BCUT2D eigenvalue weighted by Crippen LogP contribution is -2.71. The van der Waals surface area contributed by atoms with Gasteiger partial charge < -0.3 is 29.5 Å². The third-order valence-electron chi connectivity index (χ3n) is 4.03. The van der Waals surface area contributed by atoms with Crippen molar-refractivity contribution in [2.24, 2.45) is 0 Å². The van der Waals surface area contributed by atoms with E-state index in [0.717, 1.165) is 5.56 Å². The number of aliphatic hydroxyl groups excluding tert-OH is 1. The van der Waals surface area contributed by atoms with Gasteiger partial charge in [-0.1, -0.05) is 0 Å². The van der Waals surface area contributed by atoms with Crippen LogP contribution in [0.4, 0.5) is 4.79 Å². The van der Waals surface area contributed by atoms with Crippen molar-refractivity contribution < 1.29 is 28.9 Å². The fourth-order valence-electron chi connectivity index (χ4n) is 2.76. The Morgan fingerprint density at radius 3 is 2.50 bits per heavy atom. The van der Waals surface area contributed by atoms with Crippen LogP contribution in [0.25, 0.3) is 0 Å². The Kier molecular flexibility index (Phi) is 5.97. The Balaban J connectivity index is 2.06. The number of aliphatic hydroxyl groups is 1. The van der Waals surface area contributed by atoms with Gasteiger partial charge >= 0.3 is 6.09 Å². The van der Waals surface area contributed by atoms with Crippen molar-refractivity contribution in [2.45, 2.75) is 45.0 Å². The maximum Gasteiger partial charge on any atom is 0.408 e. The van der Waals surface area contributed by atoms with Gasteiger partial charge in [-0.2, -0.15) is 0 Å². The number of amides is 2. The average molecular weight is 366 g/mol. The summed E-state index contributed by atoms with van der Waals surface area (Å²) in [4.78, 5) is 25.8. The zero-order chi connectivity index (χ0) is 19.5. The Labute approximate surface area is 153 Å². The molecular formula is C18H26N2O6. The topological polar surface area (TPSA) is 97.3 Å². The van der Waals surface area contributed by atoms with Crippen LogP contribution in [-0.4, -0.2) is 60.5 Å². The van der Waals surface area contributed by atoms with Crippen LogP contribution < -0.4 is 14.8 Å². The molecule has 2 unspecified atom stereocenters. The molecule has 2 rings (SSSR count). The Morgan fingerprint density at radius 2 is 1.96 bits per heavy atom. The zero-order valence-corrected chi connectivity index (χ0v) is 15.7. The summed E-state index contributed by atoms with van der Waals surface area (Å²) in [7, 11) is 3.09. The first-order valence-electron chi connectivity index (χ1n) is 8.32. The van der Waals surface area contributed by atoms with E-state index in [9.17, 15) is 14.7 Å². The van der Waals surface area contributed by atoms with Gasteiger partial charge in [0.2, 0.25) is 5.91 Å². The van der Waals surface area contributed by atoms with E-state index >= 15 is 0 Å². The first-order chi connectivity index (χ1) is 12.2.